The largest absolute Gasteiger partial charge is 0.468 e. The molecule has 0 saturated carbocycles. The Morgan fingerprint density at radius 2 is 1.67 bits per heavy atom. The Morgan fingerprint density at radius 3 is 2.21 bits per heavy atom. The van der Waals surface area contributed by atoms with E-state index in [9.17, 15) is 40.3 Å². The number of piperidine rings is 1. The smallest absolute Gasteiger partial charge is 0.416 e. The number of carbonyl (C=O) groups is 2. The molecule has 1 N–H and O–H groups in total. The van der Waals surface area contributed by atoms with Gasteiger partial charge in [-0.2, -0.15) is 26.3 Å². The molecule has 0 aromatic heterocycles. The van der Waals surface area contributed by atoms with Crippen LogP contribution in [-0.2, 0) is 21.9 Å². The van der Waals surface area contributed by atoms with E-state index in [1.807, 2.05) is 0 Å². The van der Waals surface area contributed by atoms with Crippen molar-refractivity contribution in [3.8, 4) is 0 Å². The zero-order valence-corrected chi connectivity index (χ0v) is 23.5. The van der Waals surface area contributed by atoms with Gasteiger partial charge in [0.15, 0.2) is 0 Å². The number of alkyl halides is 6. The highest BCUT2D eigenvalue weighted by atomic mass is 19.4. The molecule has 1 unspecified atom stereocenters. The van der Waals surface area contributed by atoms with Gasteiger partial charge in [-0.1, -0.05) is 6.07 Å². The van der Waals surface area contributed by atoms with E-state index in [1.165, 1.54) is 38.1 Å². The van der Waals surface area contributed by atoms with Crippen molar-refractivity contribution in [1.82, 2.24) is 15.1 Å². The average molecular weight is 604 g/mol. The number of rotatable bonds is 4. The predicted molar refractivity (Wildman–Crippen MR) is 139 cm³/mol. The molecular weight excluding hydrogens is 571 g/mol. The number of urea groups is 1. The van der Waals surface area contributed by atoms with Crippen LogP contribution in [0.25, 0.3) is 0 Å². The Bertz CT molecular complexity index is 1310. The molecule has 2 aliphatic rings. The Kier molecular flexibility index (Phi) is 8.56. The molecule has 2 amide bonds. The third-order valence-electron chi connectivity index (χ3n) is 8.48. The lowest BCUT2D eigenvalue weighted by atomic mass is 9.79. The van der Waals surface area contributed by atoms with Gasteiger partial charge in [-0.15, -0.1) is 0 Å². The van der Waals surface area contributed by atoms with Crippen LogP contribution in [0.2, 0.25) is 0 Å². The monoisotopic (exact) mass is 603 g/mol. The molecule has 42 heavy (non-hydrogen) atoms. The summed E-state index contributed by atoms with van der Waals surface area (Å²) >= 11 is 0. The molecule has 0 radical (unpaired) electrons. The van der Waals surface area contributed by atoms with Crippen molar-refractivity contribution in [3.05, 3.63) is 70.0 Å². The highest BCUT2D eigenvalue weighted by Gasteiger charge is 2.48. The van der Waals surface area contributed by atoms with E-state index in [0.29, 0.717) is 48.9 Å². The zero-order valence-electron chi connectivity index (χ0n) is 23.5. The number of ether oxygens (including phenoxy) is 1. The summed E-state index contributed by atoms with van der Waals surface area (Å²) in [5.74, 6) is -0.882. The van der Waals surface area contributed by atoms with Gasteiger partial charge in [0.2, 0.25) is 0 Å². The van der Waals surface area contributed by atoms with Crippen LogP contribution in [-0.4, -0.2) is 54.1 Å². The van der Waals surface area contributed by atoms with Gasteiger partial charge in [0.25, 0.3) is 0 Å². The molecule has 4 rings (SSSR count). The number of amides is 2. The molecule has 0 aliphatic carbocycles. The summed E-state index contributed by atoms with van der Waals surface area (Å²) in [7, 11) is 2.61. The van der Waals surface area contributed by atoms with Gasteiger partial charge in [-0.3, -0.25) is 10.1 Å². The first kappa shape index (κ1) is 31.6. The summed E-state index contributed by atoms with van der Waals surface area (Å²) < 4.78 is 99.8. The minimum absolute atomic E-state index is 0.0473. The molecule has 6 nitrogen and oxygen atoms in total. The average Bonchev–Trinajstić information content (AvgIpc) is 3.33. The number of carbonyl (C=O) groups excluding carboxylic acids is 2. The van der Waals surface area contributed by atoms with Crippen molar-refractivity contribution in [2.45, 2.75) is 75.5 Å². The summed E-state index contributed by atoms with van der Waals surface area (Å²) in [4.78, 5) is 28.7. The van der Waals surface area contributed by atoms with E-state index in [4.69, 9.17) is 4.74 Å². The van der Waals surface area contributed by atoms with E-state index >= 15 is 0 Å². The topological polar surface area (TPSA) is 61.9 Å². The predicted octanol–water partition coefficient (Wildman–Crippen LogP) is 6.79. The van der Waals surface area contributed by atoms with Gasteiger partial charge in [-0.25, -0.2) is 9.18 Å². The molecule has 0 bridgehead atoms. The summed E-state index contributed by atoms with van der Waals surface area (Å²) in [5, 5.41) is 3.35. The third kappa shape index (κ3) is 6.35. The van der Waals surface area contributed by atoms with Crippen LogP contribution in [0.4, 0.5) is 35.5 Å². The van der Waals surface area contributed by atoms with Gasteiger partial charge in [-0.05, 0) is 86.6 Å². The second-order valence-corrected chi connectivity index (χ2v) is 11.1. The Balaban J connectivity index is 1.67. The van der Waals surface area contributed by atoms with Crippen molar-refractivity contribution in [1.29, 1.82) is 0 Å². The Morgan fingerprint density at radius 1 is 1.05 bits per heavy atom. The number of nitrogens with zero attached hydrogens (tertiary/aromatic N) is 2. The molecule has 2 saturated heterocycles. The van der Waals surface area contributed by atoms with E-state index in [2.05, 4.69) is 5.32 Å². The maximum Gasteiger partial charge on any atom is 0.416 e. The van der Waals surface area contributed by atoms with Gasteiger partial charge >= 0.3 is 24.4 Å². The molecule has 2 aliphatic heterocycles. The molecule has 2 aromatic carbocycles. The van der Waals surface area contributed by atoms with Crippen LogP contribution in [0.1, 0.15) is 72.5 Å². The molecular formula is C29H32F7N3O3. The Hall–Kier alpha value is -3.35. The van der Waals surface area contributed by atoms with Crippen LogP contribution in [0.3, 0.4) is 0 Å². The first-order valence-corrected chi connectivity index (χ1v) is 13.4. The number of methoxy groups -OCH3 is 1. The van der Waals surface area contributed by atoms with Gasteiger partial charge in [0, 0.05) is 19.1 Å². The number of aryl methyl sites for hydroxylation is 1. The normalized spacial score (nSPS) is 23.6. The molecule has 2 fully saturated rings. The van der Waals surface area contributed by atoms with Crippen LogP contribution in [0.5, 0.6) is 0 Å². The fourth-order valence-corrected chi connectivity index (χ4v) is 6.02. The maximum atomic E-state index is 14.0. The Labute approximate surface area is 238 Å². The first-order chi connectivity index (χ1) is 19.5. The van der Waals surface area contributed by atoms with E-state index in [1.54, 1.807) is 13.0 Å². The lowest BCUT2D eigenvalue weighted by Gasteiger charge is -2.47. The lowest BCUT2D eigenvalue weighted by molar-refractivity contribution is -0.144. The van der Waals surface area contributed by atoms with Crippen LogP contribution >= 0.6 is 0 Å². The fourth-order valence-electron chi connectivity index (χ4n) is 6.02. The standard InChI is InChI=1S/C29H32F7N3O3/c1-16-11-21(30)5-6-22(16)24-15-27(8-7-23(37-27)25(40)42-4)9-10-39(24)26(41)38(3)17(2)18-12-19(28(31,32)33)14-20(13-18)29(34,35)36/h5-6,11-14,17,23-24,37H,7-10,15H2,1-4H3/t17-,23+,24-,27?/m1/s1. The number of halogens is 7. The van der Waals surface area contributed by atoms with E-state index in [0.717, 1.165) is 4.90 Å². The highest BCUT2D eigenvalue weighted by molar-refractivity contribution is 5.77. The summed E-state index contributed by atoms with van der Waals surface area (Å²) in [6.07, 6.45) is -8.14. The van der Waals surface area contributed by atoms with Crippen LogP contribution in [0, 0.1) is 12.7 Å². The number of hydrogen-bond donors (Lipinski definition) is 1. The number of benzene rings is 2. The van der Waals surface area contributed by atoms with Crippen LogP contribution < -0.4 is 5.32 Å². The van der Waals surface area contributed by atoms with Crippen molar-refractivity contribution < 1.29 is 45.1 Å². The molecule has 230 valence electrons. The first-order valence-electron chi connectivity index (χ1n) is 13.4. The number of hydrogen-bond acceptors (Lipinski definition) is 4. The van der Waals surface area contributed by atoms with Crippen molar-refractivity contribution in [2.24, 2.45) is 0 Å². The molecule has 4 atom stereocenters. The van der Waals surface area contributed by atoms with Gasteiger partial charge < -0.3 is 14.5 Å². The maximum absolute atomic E-state index is 14.0. The van der Waals surface area contributed by atoms with Crippen molar-refractivity contribution in [2.75, 3.05) is 20.7 Å². The molecule has 2 aromatic rings. The highest BCUT2D eigenvalue weighted by Crippen LogP contribution is 2.44. The van der Waals surface area contributed by atoms with E-state index in [-0.39, 0.29) is 18.2 Å². The minimum atomic E-state index is -5.03. The number of esters is 1. The molecule has 1 spiro atoms. The fraction of sp³-hybridized carbons (Fsp3) is 0.517. The van der Waals surface area contributed by atoms with Crippen molar-refractivity contribution >= 4 is 12.0 Å². The second-order valence-electron chi connectivity index (χ2n) is 11.1. The number of likely N-dealkylation sites (tertiary alicyclic amines) is 1. The summed E-state index contributed by atoms with van der Waals surface area (Å²) in [6, 6.07) is 2.53. The number of nitrogens with one attached hydrogen (secondary N) is 1. The van der Waals surface area contributed by atoms with E-state index < -0.39 is 65.0 Å². The summed E-state index contributed by atoms with van der Waals surface area (Å²) in [5.41, 5.74) is -2.57. The lowest BCUT2D eigenvalue weighted by Crippen LogP contribution is -2.56. The summed E-state index contributed by atoms with van der Waals surface area (Å²) in [6.45, 7) is 3.22. The molecule has 13 heteroatoms. The quantitative estimate of drug-likeness (QED) is 0.309. The minimum Gasteiger partial charge on any atom is -0.468 e. The second kappa shape index (κ2) is 11.4. The van der Waals surface area contributed by atoms with Gasteiger partial charge in [0.1, 0.15) is 11.9 Å². The SMILES string of the molecule is COC(=O)[C@@H]1CCC2(CCN(C(=O)N(C)[C@H](C)c3cc(C(F)(F)F)cc(C(F)(F)F)c3)[C@@H](c3ccc(F)cc3C)C2)N1. The van der Waals surface area contributed by atoms with Gasteiger partial charge in [0.05, 0.1) is 30.3 Å². The third-order valence-corrected chi connectivity index (χ3v) is 8.48. The van der Waals surface area contributed by atoms with Crippen molar-refractivity contribution in [3.63, 3.8) is 0 Å². The van der Waals surface area contributed by atoms with Crippen LogP contribution in [0.15, 0.2) is 36.4 Å². The zero-order chi connectivity index (χ0) is 31.2. The molecule has 2 heterocycles.